The predicted octanol–water partition coefficient (Wildman–Crippen LogP) is 2.77. The van der Waals surface area contributed by atoms with E-state index in [0.717, 1.165) is 19.6 Å². The number of rotatable bonds is 9. The van der Waals surface area contributed by atoms with E-state index in [-0.39, 0.29) is 0 Å². The van der Waals surface area contributed by atoms with Gasteiger partial charge in [0.1, 0.15) is 0 Å². The summed E-state index contributed by atoms with van der Waals surface area (Å²) in [7, 11) is 13.0. The molecule has 4 heteroatoms. The molecule has 0 aliphatic heterocycles. The van der Waals surface area contributed by atoms with E-state index >= 15 is 0 Å². The van der Waals surface area contributed by atoms with Crippen LogP contribution in [0.15, 0.2) is 72.8 Å². The molecule has 0 N–H and O–H groups in total. The molecule has 0 bridgehead atoms. The number of hydrogen-bond acceptors (Lipinski definition) is 3. The van der Waals surface area contributed by atoms with Crippen molar-refractivity contribution in [2.75, 3.05) is 42.3 Å². The second kappa shape index (κ2) is 11.6. The number of benzene rings is 3. The summed E-state index contributed by atoms with van der Waals surface area (Å²) in [4.78, 5) is 6.84. The molecule has 0 saturated carbocycles. The van der Waals surface area contributed by atoms with E-state index < -0.39 is 31.5 Å². The first-order valence-electron chi connectivity index (χ1n) is 10.6. The molecule has 3 aromatic rings. The van der Waals surface area contributed by atoms with E-state index in [1.54, 1.807) is 0 Å². The van der Waals surface area contributed by atoms with Crippen LogP contribution in [0.2, 0.25) is 0 Å². The second-order valence-electron chi connectivity index (χ2n) is 8.56. The molecule has 31 heavy (non-hydrogen) atoms. The van der Waals surface area contributed by atoms with Gasteiger partial charge in [0.15, 0.2) is 0 Å². The standard InChI is InChI=1S/3C9H12N.Er/c3*1-10(2)8-9-6-4-3-5-7-9;/h3*3-6H,8H2,1-2H3;. The Labute approximate surface area is 201 Å². The van der Waals surface area contributed by atoms with Gasteiger partial charge in [-0.2, -0.15) is 0 Å². The monoisotopic (exact) mass is 568 g/mol. The molecule has 0 fully saturated rings. The normalized spacial score (nSPS) is 12.1. The third kappa shape index (κ3) is 6.64. The number of nitrogens with zero attached hydrogens (tertiary/aromatic N) is 3. The molecule has 0 spiro atoms. The van der Waals surface area contributed by atoms with Crippen molar-refractivity contribution in [2.24, 2.45) is 0 Å². The van der Waals surface area contributed by atoms with Crippen molar-refractivity contribution in [3.63, 3.8) is 0 Å². The van der Waals surface area contributed by atoms with E-state index in [4.69, 9.17) is 0 Å². The molecular weight excluding hydrogens is 534 g/mol. The molecule has 171 valence electrons. The Morgan fingerprint density at radius 3 is 0.968 bits per heavy atom. The van der Waals surface area contributed by atoms with Gasteiger partial charge in [-0.25, -0.2) is 0 Å². The van der Waals surface area contributed by atoms with Crippen LogP contribution >= 0.6 is 0 Å². The van der Waals surface area contributed by atoms with Gasteiger partial charge in [0.05, 0.1) is 0 Å². The molecule has 3 nitrogen and oxygen atoms in total. The maximum atomic E-state index is 2.38. The van der Waals surface area contributed by atoms with Gasteiger partial charge in [0, 0.05) is 0 Å². The van der Waals surface area contributed by atoms with Crippen LogP contribution in [0, 0.1) is 31.5 Å². The minimum atomic E-state index is -1.68. The quantitative estimate of drug-likeness (QED) is 0.393. The zero-order valence-corrected chi connectivity index (χ0v) is 21.5. The number of hydrogen-bond donors (Lipinski definition) is 0. The van der Waals surface area contributed by atoms with Crippen molar-refractivity contribution in [1.82, 2.24) is 14.7 Å². The first kappa shape index (κ1) is 24.4. The van der Waals surface area contributed by atoms with E-state index in [1.807, 2.05) is 0 Å². The van der Waals surface area contributed by atoms with Crippen molar-refractivity contribution < 1.29 is 31.5 Å². The van der Waals surface area contributed by atoms with Crippen LogP contribution in [-0.2, 0) is 19.6 Å². The van der Waals surface area contributed by atoms with Gasteiger partial charge < -0.3 is 0 Å². The molecule has 0 atom stereocenters. The molecular formula is C27H36ErN3. The third-order valence-corrected chi connectivity index (χ3v) is 10.4. The Morgan fingerprint density at radius 2 is 0.710 bits per heavy atom. The molecule has 0 radical (unpaired) electrons. The molecule has 0 amide bonds. The summed E-state index contributed by atoms with van der Waals surface area (Å²) in [5.41, 5.74) is 4.34. The van der Waals surface area contributed by atoms with E-state index in [9.17, 15) is 0 Å². The van der Waals surface area contributed by atoms with Gasteiger partial charge in [0.25, 0.3) is 0 Å². The summed E-state index contributed by atoms with van der Waals surface area (Å²) >= 11 is -1.68. The minimum absolute atomic E-state index is 0.964. The third-order valence-electron chi connectivity index (χ3n) is 4.67. The molecule has 0 aromatic heterocycles. The van der Waals surface area contributed by atoms with Crippen LogP contribution < -0.4 is 5.17 Å². The van der Waals surface area contributed by atoms with Gasteiger partial charge in [-0.1, -0.05) is 0 Å². The van der Waals surface area contributed by atoms with E-state index in [0.29, 0.717) is 0 Å². The van der Waals surface area contributed by atoms with Crippen molar-refractivity contribution >= 4 is 5.17 Å². The van der Waals surface area contributed by atoms with Crippen LogP contribution in [0.3, 0.4) is 0 Å². The molecule has 0 saturated heterocycles. The first-order chi connectivity index (χ1) is 14.9. The first-order valence-corrected chi connectivity index (χ1v) is 13.4. The molecule has 0 aliphatic rings. The van der Waals surface area contributed by atoms with Crippen LogP contribution in [-0.4, -0.2) is 57.0 Å². The van der Waals surface area contributed by atoms with E-state index in [1.165, 1.54) is 21.9 Å². The summed E-state index contributed by atoms with van der Waals surface area (Å²) in [6, 6.07) is 27.3. The maximum absolute atomic E-state index is 2.38. The van der Waals surface area contributed by atoms with Crippen molar-refractivity contribution in [1.29, 1.82) is 0 Å². The summed E-state index contributed by atoms with van der Waals surface area (Å²) in [6.07, 6.45) is 0. The van der Waals surface area contributed by atoms with Gasteiger partial charge in [-0.15, -0.1) is 0 Å². The molecule has 0 heterocycles. The fraction of sp³-hybridized carbons (Fsp3) is 0.333. The van der Waals surface area contributed by atoms with Crippen LogP contribution in [0.4, 0.5) is 0 Å². The Hall–Kier alpha value is -1.21. The SMILES string of the molecule is CN(C)Cc1cccc[c]1[Er]([c]1ccccc1CN(C)C)[c]1ccccc1CN(C)C. The van der Waals surface area contributed by atoms with Gasteiger partial charge in [0.2, 0.25) is 0 Å². The summed E-state index contributed by atoms with van der Waals surface area (Å²) in [5.74, 6) is 0. The fourth-order valence-electron chi connectivity index (χ4n) is 3.51. The van der Waals surface area contributed by atoms with Crippen LogP contribution in [0.25, 0.3) is 0 Å². The van der Waals surface area contributed by atoms with Crippen molar-refractivity contribution in [3.8, 4) is 0 Å². The fourth-order valence-corrected chi connectivity index (χ4v) is 9.27. The van der Waals surface area contributed by atoms with E-state index in [2.05, 4.69) is 130 Å². The summed E-state index contributed by atoms with van der Waals surface area (Å²) in [5, 5.41) is 0. The second-order valence-corrected chi connectivity index (χ2v) is 12.9. The summed E-state index contributed by atoms with van der Waals surface area (Å²) in [6.45, 7) is 2.89. The average Bonchev–Trinajstić information content (AvgIpc) is 2.70. The Balaban J connectivity index is 2.26. The predicted molar refractivity (Wildman–Crippen MR) is 130 cm³/mol. The summed E-state index contributed by atoms with van der Waals surface area (Å²) < 4.78 is 4.61. The van der Waals surface area contributed by atoms with Crippen LogP contribution in [0.5, 0.6) is 0 Å². The molecule has 3 aromatic carbocycles. The average molecular weight is 570 g/mol. The Bertz CT molecular complexity index is 854. The molecule has 3 rings (SSSR count). The van der Waals surface area contributed by atoms with Gasteiger partial charge in [-0.05, 0) is 0 Å². The Kier molecular flexibility index (Phi) is 9.14. The van der Waals surface area contributed by atoms with Crippen molar-refractivity contribution in [3.05, 3.63) is 89.5 Å². The zero-order valence-electron chi connectivity index (χ0n) is 19.7. The zero-order chi connectivity index (χ0) is 22.4. The van der Waals surface area contributed by atoms with Crippen LogP contribution in [0.1, 0.15) is 16.7 Å². The van der Waals surface area contributed by atoms with Gasteiger partial charge >= 0.3 is 203 Å². The van der Waals surface area contributed by atoms with Gasteiger partial charge in [-0.3, -0.25) is 0 Å². The van der Waals surface area contributed by atoms with Crippen molar-refractivity contribution in [2.45, 2.75) is 19.6 Å². The molecule has 0 unspecified atom stereocenters. The Morgan fingerprint density at radius 1 is 0.452 bits per heavy atom. The molecule has 0 aliphatic carbocycles. The topological polar surface area (TPSA) is 9.72 Å².